The third kappa shape index (κ3) is 6.89. The molecule has 0 aromatic heterocycles. The Morgan fingerprint density at radius 2 is 1.44 bits per heavy atom. The number of imide groups is 2. The number of barbiturate groups is 1. The molecule has 1 fully saturated rings. The molecule has 5 rings (SSSR count). The molecule has 1 heterocycles. The average Bonchev–Trinajstić information content (AvgIpc) is 2.95. The zero-order valence-corrected chi connectivity index (χ0v) is 23.5. The lowest BCUT2D eigenvalue weighted by Crippen LogP contribution is -2.54. The van der Waals surface area contributed by atoms with Gasteiger partial charge in [-0.05, 0) is 77.9 Å². The molecule has 0 saturated carbocycles. The Morgan fingerprint density at radius 3 is 2.17 bits per heavy atom. The van der Waals surface area contributed by atoms with Crippen LogP contribution in [0.25, 0.3) is 6.08 Å². The summed E-state index contributed by atoms with van der Waals surface area (Å²) < 4.78 is 11.6. The maximum atomic E-state index is 13.3. The number of hydrogen-bond acceptors (Lipinski definition) is 5. The number of benzene rings is 4. The normalized spacial score (nSPS) is 14.3. The second-order valence-corrected chi connectivity index (χ2v) is 10.2. The van der Waals surface area contributed by atoms with Crippen LogP contribution in [0.4, 0.5) is 10.5 Å². The fourth-order valence-electron chi connectivity index (χ4n) is 3.99. The van der Waals surface area contributed by atoms with Gasteiger partial charge in [0.1, 0.15) is 30.3 Å². The van der Waals surface area contributed by atoms with Crippen molar-refractivity contribution < 1.29 is 23.9 Å². The molecule has 0 bridgehead atoms. The van der Waals surface area contributed by atoms with E-state index in [0.717, 1.165) is 16.0 Å². The number of halogens is 3. The number of amides is 4. The summed E-state index contributed by atoms with van der Waals surface area (Å²) in [6, 6.07) is 24.8. The first-order chi connectivity index (χ1) is 19.8. The van der Waals surface area contributed by atoms with Gasteiger partial charge in [-0.15, -0.1) is 0 Å². The van der Waals surface area contributed by atoms with Gasteiger partial charge in [-0.2, -0.15) is 0 Å². The topological polar surface area (TPSA) is 84.9 Å². The number of nitrogens with zero attached hydrogens (tertiary/aromatic N) is 1. The van der Waals surface area contributed by atoms with Crippen LogP contribution in [0.5, 0.6) is 11.5 Å². The van der Waals surface area contributed by atoms with Crippen LogP contribution in [-0.4, -0.2) is 17.8 Å². The van der Waals surface area contributed by atoms with Crippen LogP contribution in [0.15, 0.2) is 96.6 Å². The van der Waals surface area contributed by atoms with Gasteiger partial charge >= 0.3 is 6.03 Å². The number of hydrogen-bond donors (Lipinski definition) is 1. The van der Waals surface area contributed by atoms with Crippen molar-refractivity contribution in [1.82, 2.24) is 5.32 Å². The fraction of sp³-hybridized carbons (Fsp3) is 0.0645. The van der Waals surface area contributed by atoms with Crippen molar-refractivity contribution in [3.63, 3.8) is 0 Å². The molecule has 0 spiro atoms. The molecule has 10 heteroatoms. The van der Waals surface area contributed by atoms with Crippen LogP contribution < -0.4 is 19.7 Å². The monoisotopic (exact) mass is 606 g/mol. The third-order valence-electron chi connectivity index (χ3n) is 6.09. The number of nitrogens with one attached hydrogen (secondary N) is 1. The van der Waals surface area contributed by atoms with Gasteiger partial charge in [-0.3, -0.25) is 14.9 Å². The lowest BCUT2D eigenvalue weighted by atomic mass is 10.1. The minimum absolute atomic E-state index is 0.192. The summed E-state index contributed by atoms with van der Waals surface area (Å²) in [4.78, 5) is 39.5. The third-order valence-corrected chi connectivity index (χ3v) is 6.93. The Bertz CT molecular complexity index is 1650. The van der Waals surface area contributed by atoms with Crippen molar-refractivity contribution in [2.45, 2.75) is 13.2 Å². The summed E-state index contributed by atoms with van der Waals surface area (Å²) in [6.07, 6.45) is 1.41. The highest BCUT2D eigenvalue weighted by molar-refractivity contribution is 6.39. The van der Waals surface area contributed by atoms with Crippen LogP contribution >= 0.6 is 34.8 Å². The lowest BCUT2D eigenvalue weighted by molar-refractivity contribution is -0.122. The van der Waals surface area contributed by atoms with Gasteiger partial charge in [0.2, 0.25) is 0 Å². The van der Waals surface area contributed by atoms with E-state index in [9.17, 15) is 14.4 Å². The molecule has 1 N–H and O–H groups in total. The molecule has 0 aliphatic carbocycles. The molecule has 4 amide bonds. The van der Waals surface area contributed by atoms with E-state index >= 15 is 0 Å². The van der Waals surface area contributed by atoms with Crippen LogP contribution in [0.3, 0.4) is 0 Å². The van der Waals surface area contributed by atoms with E-state index in [4.69, 9.17) is 44.3 Å². The van der Waals surface area contributed by atoms with E-state index in [-0.39, 0.29) is 17.9 Å². The largest absolute Gasteiger partial charge is 0.489 e. The van der Waals surface area contributed by atoms with Gasteiger partial charge in [0.05, 0.1) is 5.69 Å². The number of ether oxygens (including phenoxy) is 2. The van der Waals surface area contributed by atoms with E-state index in [1.807, 2.05) is 12.1 Å². The second kappa shape index (κ2) is 12.5. The molecule has 4 aromatic carbocycles. The van der Waals surface area contributed by atoms with E-state index < -0.39 is 17.8 Å². The molecule has 0 atom stereocenters. The molecular weight excluding hydrogens is 587 g/mol. The van der Waals surface area contributed by atoms with Gasteiger partial charge in [-0.1, -0.05) is 65.1 Å². The fourth-order valence-corrected chi connectivity index (χ4v) is 4.58. The minimum atomic E-state index is -0.844. The van der Waals surface area contributed by atoms with Gasteiger partial charge in [-0.25, -0.2) is 9.69 Å². The maximum Gasteiger partial charge on any atom is 0.335 e. The summed E-state index contributed by atoms with van der Waals surface area (Å²) in [5, 5.41) is 3.86. The summed E-state index contributed by atoms with van der Waals surface area (Å²) in [5.41, 5.74) is 2.29. The Labute approximate surface area is 250 Å². The number of carbonyl (C=O) groups excluding carboxylic acids is 3. The van der Waals surface area contributed by atoms with Crippen molar-refractivity contribution in [2.24, 2.45) is 0 Å². The number of rotatable bonds is 8. The van der Waals surface area contributed by atoms with Crippen LogP contribution in [0.2, 0.25) is 15.1 Å². The molecule has 41 heavy (non-hydrogen) atoms. The van der Waals surface area contributed by atoms with Gasteiger partial charge in [0, 0.05) is 20.6 Å². The van der Waals surface area contributed by atoms with Crippen molar-refractivity contribution in [3.05, 3.63) is 128 Å². The Morgan fingerprint density at radius 1 is 0.732 bits per heavy atom. The molecule has 1 aliphatic rings. The van der Waals surface area contributed by atoms with Crippen LogP contribution in [0, 0.1) is 0 Å². The van der Waals surface area contributed by atoms with Crippen molar-refractivity contribution in [2.75, 3.05) is 4.90 Å². The van der Waals surface area contributed by atoms with Crippen LogP contribution in [0.1, 0.15) is 16.7 Å². The van der Waals surface area contributed by atoms with Crippen molar-refractivity contribution >= 4 is 64.4 Å². The summed E-state index contributed by atoms with van der Waals surface area (Å²) >= 11 is 18.1. The quantitative estimate of drug-likeness (QED) is 0.166. The molecule has 7 nitrogen and oxygen atoms in total. The molecule has 1 saturated heterocycles. The molecule has 1 aliphatic heterocycles. The van der Waals surface area contributed by atoms with E-state index in [1.54, 1.807) is 78.9 Å². The first kappa shape index (κ1) is 28.2. The average molecular weight is 608 g/mol. The van der Waals surface area contributed by atoms with Crippen molar-refractivity contribution in [1.29, 1.82) is 0 Å². The summed E-state index contributed by atoms with van der Waals surface area (Å²) in [7, 11) is 0. The highest BCUT2D eigenvalue weighted by Gasteiger charge is 2.36. The molecule has 0 radical (unpaired) electrons. The first-order valence-corrected chi connectivity index (χ1v) is 13.5. The van der Waals surface area contributed by atoms with Gasteiger partial charge < -0.3 is 9.47 Å². The standard InChI is InChI=1S/C31H21Cl3N2O5/c32-22-7-4-19(5-8-22)17-40-25-12-10-24(11-13-25)36-30(38)27(29(37)35-31(36)39)15-20-2-1-3-26(14-20)41-18-21-6-9-23(33)16-28(21)34/h1-16H,17-18H2,(H,35,37,39)/b27-15-. The number of anilines is 1. The zero-order valence-electron chi connectivity index (χ0n) is 21.3. The lowest BCUT2D eigenvalue weighted by Gasteiger charge is -2.26. The summed E-state index contributed by atoms with van der Waals surface area (Å²) in [5.74, 6) is -0.514. The Hall–Kier alpha value is -4.30. The first-order valence-electron chi connectivity index (χ1n) is 12.3. The van der Waals surface area contributed by atoms with Crippen molar-refractivity contribution in [3.8, 4) is 11.5 Å². The SMILES string of the molecule is O=C1NC(=O)N(c2ccc(OCc3ccc(Cl)cc3)cc2)C(=O)/C1=C\c1cccc(OCc2ccc(Cl)cc2Cl)c1. The molecule has 4 aromatic rings. The second-order valence-electron chi connectivity index (χ2n) is 8.96. The smallest absolute Gasteiger partial charge is 0.335 e. The molecular formula is C31H21Cl3N2O5. The highest BCUT2D eigenvalue weighted by atomic mass is 35.5. The van der Waals surface area contributed by atoms with E-state index in [0.29, 0.717) is 38.7 Å². The molecule has 0 unspecified atom stereocenters. The predicted molar refractivity (Wildman–Crippen MR) is 158 cm³/mol. The maximum absolute atomic E-state index is 13.3. The number of carbonyl (C=O) groups is 3. The highest BCUT2D eigenvalue weighted by Crippen LogP contribution is 2.27. The number of urea groups is 1. The van der Waals surface area contributed by atoms with E-state index in [2.05, 4.69) is 5.32 Å². The van der Waals surface area contributed by atoms with Gasteiger partial charge in [0.25, 0.3) is 11.8 Å². The molecule has 206 valence electrons. The zero-order chi connectivity index (χ0) is 28.9. The summed E-state index contributed by atoms with van der Waals surface area (Å²) in [6.45, 7) is 0.508. The minimum Gasteiger partial charge on any atom is -0.489 e. The van der Waals surface area contributed by atoms with Crippen LogP contribution in [-0.2, 0) is 22.8 Å². The van der Waals surface area contributed by atoms with E-state index in [1.165, 1.54) is 6.08 Å². The predicted octanol–water partition coefficient (Wildman–Crippen LogP) is 7.47. The Kier molecular flexibility index (Phi) is 8.59. The van der Waals surface area contributed by atoms with Gasteiger partial charge in [0.15, 0.2) is 0 Å². The Balaban J connectivity index is 1.29.